The number of phenolic OH excluding ortho intramolecular Hbond substituents is 1. The topological polar surface area (TPSA) is 99.6 Å². The van der Waals surface area contributed by atoms with Gasteiger partial charge in [0.05, 0.1) is 18.0 Å². The molecule has 7 nitrogen and oxygen atoms in total. The van der Waals surface area contributed by atoms with Crippen LogP contribution in [0.4, 0.5) is 0 Å². The fourth-order valence-corrected chi connectivity index (χ4v) is 2.79. The van der Waals surface area contributed by atoms with Crippen molar-refractivity contribution >= 4 is 28.1 Å². The fraction of sp³-hybridized carbons (Fsp3) is 0.150. The van der Waals surface area contributed by atoms with Gasteiger partial charge in [-0.15, -0.1) is 0 Å². The van der Waals surface area contributed by atoms with Gasteiger partial charge in [-0.1, -0.05) is 15.9 Å². The minimum Gasteiger partial charge on any atom is -0.507 e. The molecule has 0 saturated carbocycles. The molecule has 1 heterocycles. The molecule has 0 fully saturated rings. The number of carbonyl (C=O) groups excluding carboxylic acids is 1. The van der Waals surface area contributed by atoms with E-state index in [4.69, 9.17) is 4.74 Å². The van der Waals surface area contributed by atoms with Gasteiger partial charge in [-0.2, -0.15) is 10.2 Å². The molecule has 0 aliphatic rings. The van der Waals surface area contributed by atoms with E-state index >= 15 is 0 Å². The molecule has 8 heteroatoms. The molecule has 144 valence electrons. The molecule has 3 rings (SSSR count). The van der Waals surface area contributed by atoms with Gasteiger partial charge in [0.15, 0.2) is 0 Å². The number of nitrogens with zero attached hydrogens (tertiary/aromatic N) is 2. The number of halogens is 1. The third-order valence-corrected chi connectivity index (χ3v) is 4.20. The predicted molar refractivity (Wildman–Crippen MR) is 111 cm³/mol. The summed E-state index contributed by atoms with van der Waals surface area (Å²) in [6.07, 6.45) is 1.47. The smallest absolute Gasteiger partial charge is 0.289 e. The third-order valence-electron chi connectivity index (χ3n) is 3.70. The van der Waals surface area contributed by atoms with Crippen molar-refractivity contribution in [3.05, 3.63) is 64.3 Å². The Labute approximate surface area is 170 Å². The van der Waals surface area contributed by atoms with Gasteiger partial charge in [0.2, 0.25) is 0 Å². The molecule has 0 aliphatic heterocycles. The van der Waals surface area contributed by atoms with E-state index in [-0.39, 0.29) is 17.5 Å². The number of H-pyrrole nitrogens is 1. The van der Waals surface area contributed by atoms with Crippen molar-refractivity contribution in [2.24, 2.45) is 5.10 Å². The Hall–Kier alpha value is -3.13. The van der Waals surface area contributed by atoms with Crippen LogP contribution < -0.4 is 10.2 Å². The van der Waals surface area contributed by atoms with Crippen LogP contribution in [-0.2, 0) is 0 Å². The minimum absolute atomic E-state index is 0.0647. The van der Waals surface area contributed by atoms with Crippen LogP contribution in [0.1, 0.15) is 29.9 Å². The molecule has 1 amide bonds. The Morgan fingerprint density at radius 1 is 1.25 bits per heavy atom. The van der Waals surface area contributed by atoms with Gasteiger partial charge >= 0.3 is 0 Å². The van der Waals surface area contributed by atoms with Crippen LogP contribution in [0.15, 0.2) is 58.1 Å². The van der Waals surface area contributed by atoms with E-state index in [1.165, 1.54) is 12.3 Å². The van der Waals surface area contributed by atoms with Crippen LogP contribution in [-0.4, -0.2) is 33.5 Å². The SMILES string of the molecule is CC(C)Oc1ccc(-c2cc(C(=O)NN=Cc3cc(Br)ccc3O)[nH]n2)cc1. The van der Waals surface area contributed by atoms with Crippen molar-refractivity contribution in [1.82, 2.24) is 15.6 Å². The summed E-state index contributed by atoms with van der Waals surface area (Å²) in [6, 6.07) is 14.0. The van der Waals surface area contributed by atoms with E-state index in [1.54, 1.807) is 18.2 Å². The molecule has 0 unspecified atom stereocenters. The zero-order valence-electron chi connectivity index (χ0n) is 15.3. The van der Waals surface area contributed by atoms with Gasteiger partial charge in [-0.05, 0) is 62.4 Å². The second kappa shape index (κ2) is 8.71. The Bertz CT molecular complexity index is 997. The van der Waals surface area contributed by atoms with Crippen LogP contribution in [0.3, 0.4) is 0 Å². The summed E-state index contributed by atoms with van der Waals surface area (Å²) < 4.78 is 6.41. The van der Waals surface area contributed by atoms with Crippen LogP contribution in [0.5, 0.6) is 11.5 Å². The van der Waals surface area contributed by atoms with Crippen molar-refractivity contribution < 1.29 is 14.6 Å². The third kappa shape index (κ3) is 4.98. The van der Waals surface area contributed by atoms with Crippen LogP contribution >= 0.6 is 15.9 Å². The Morgan fingerprint density at radius 3 is 2.71 bits per heavy atom. The molecular formula is C20H19BrN4O3. The number of benzene rings is 2. The number of rotatable bonds is 6. The van der Waals surface area contributed by atoms with Crippen LogP contribution in [0.2, 0.25) is 0 Å². The number of aromatic amines is 1. The normalized spacial score (nSPS) is 11.1. The average molecular weight is 443 g/mol. The van der Waals surface area contributed by atoms with Gasteiger partial charge in [-0.25, -0.2) is 5.43 Å². The zero-order valence-corrected chi connectivity index (χ0v) is 16.9. The molecule has 3 aromatic rings. The summed E-state index contributed by atoms with van der Waals surface area (Å²) in [5.41, 5.74) is 4.64. The highest BCUT2D eigenvalue weighted by Crippen LogP contribution is 2.22. The van der Waals surface area contributed by atoms with Gasteiger partial charge in [-0.3, -0.25) is 9.89 Å². The van der Waals surface area contributed by atoms with Crippen molar-refractivity contribution in [2.75, 3.05) is 0 Å². The Morgan fingerprint density at radius 2 is 2.00 bits per heavy atom. The number of hydrazone groups is 1. The highest BCUT2D eigenvalue weighted by molar-refractivity contribution is 9.10. The second-order valence-corrected chi connectivity index (χ2v) is 7.18. The lowest BCUT2D eigenvalue weighted by molar-refractivity contribution is 0.0950. The molecule has 28 heavy (non-hydrogen) atoms. The number of aromatic nitrogens is 2. The van der Waals surface area contributed by atoms with Crippen molar-refractivity contribution in [3.8, 4) is 22.8 Å². The van der Waals surface area contributed by atoms with Gasteiger partial charge in [0.25, 0.3) is 5.91 Å². The largest absolute Gasteiger partial charge is 0.507 e. The Balaban J connectivity index is 1.65. The maximum Gasteiger partial charge on any atom is 0.289 e. The van der Waals surface area contributed by atoms with E-state index in [0.29, 0.717) is 11.3 Å². The van der Waals surface area contributed by atoms with E-state index in [1.807, 2.05) is 38.1 Å². The summed E-state index contributed by atoms with van der Waals surface area (Å²) in [5.74, 6) is 0.400. The molecule has 0 atom stereocenters. The summed E-state index contributed by atoms with van der Waals surface area (Å²) in [7, 11) is 0. The number of amides is 1. The first-order valence-electron chi connectivity index (χ1n) is 8.57. The molecule has 0 bridgehead atoms. The molecule has 0 spiro atoms. The van der Waals surface area contributed by atoms with E-state index < -0.39 is 5.91 Å². The molecule has 0 aliphatic carbocycles. The summed E-state index contributed by atoms with van der Waals surface area (Å²) in [6.45, 7) is 3.93. The Kier molecular flexibility index (Phi) is 6.10. The van der Waals surface area contributed by atoms with Crippen molar-refractivity contribution in [1.29, 1.82) is 0 Å². The van der Waals surface area contributed by atoms with E-state index in [0.717, 1.165) is 15.8 Å². The average Bonchev–Trinajstić information content (AvgIpc) is 3.15. The monoisotopic (exact) mass is 442 g/mol. The predicted octanol–water partition coefficient (Wildman–Crippen LogP) is 4.10. The zero-order chi connectivity index (χ0) is 20.1. The van der Waals surface area contributed by atoms with Gasteiger partial charge in [0.1, 0.15) is 17.2 Å². The van der Waals surface area contributed by atoms with Crippen molar-refractivity contribution in [3.63, 3.8) is 0 Å². The number of hydrogen-bond acceptors (Lipinski definition) is 5. The molecule has 0 saturated heterocycles. The number of carbonyl (C=O) groups is 1. The molecule has 0 radical (unpaired) electrons. The number of nitrogens with one attached hydrogen (secondary N) is 2. The molecular weight excluding hydrogens is 424 g/mol. The first-order chi connectivity index (χ1) is 13.4. The maximum absolute atomic E-state index is 12.2. The van der Waals surface area contributed by atoms with E-state index in [2.05, 4.69) is 36.7 Å². The maximum atomic E-state index is 12.2. The number of phenols is 1. The highest BCUT2D eigenvalue weighted by atomic mass is 79.9. The highest BCUT2D eigenvalue weighted by Gasteiger charge is 2.11. The molecule has 1 aromatic heterocycles. The second-order valence-electron chi connectivity index (χ2n) is 6.26. The van der Waals surface area contributed by atoms with Crippen molar-refractivity contribution in [2.45, 2.75) is 20.0 Å². The van der Waals surface area contributed by atoms with Crippen LogP contribution in [0, 0.1) is 0 Å². The molecule has 3 N–H and O–H groups in total. The first-order valence-corrected chi connectivity index (χ1v) is 9.36. The summed E-state index contributed by atoms with van der Waals surface area (Å²) >= 11 is 3.31. The first kappa shape index (κ1) is 19.6. The fourth-order valence-electron chi connectivity index (χ4n) is 2.41. The quantitative estimate of drug-likeness (QED) is 0.395. The summed E-state index contributed by atoms with van der Waals surface area (Å²) in [4.78, 5) is 12.2. The minimum atomic E-state index is -0.441. The van der Waals surface area contributed by atoms with Gasteiger partial charge < -0.3 is 9.84 Å². The number of aromatic hydroxyl groups is 1. The summed E-state index contributed by atoms with van der Waals surface area (Å²) in [5, 5.41) is 20.5. The van der Waals surface area contributed by atoms with E-state index in [9.17, 15) is 9.90 Å². The standard InChI is InChI=1S/C20H19BrN4O3/c1-12(2)28-16-6-3-13(4-7-16)17-10-18(24-23-17)20(27)25-22-11-14-9-15(21)5-8-19(14)26/h3-12,26H,1-2H3,(H,23,24)(H,25,27). The lowest BCUT2D eigenvalue weighted by Crippen LogP contribution is -2.18. The van der Waals surface area contributed by atoms with Gasteiger partial charge in [0, 0.05) is 15.6 Å². The van der Waals surface area contributed by atoms with Crippen LogP contribution in [0.25, 0.3) is 11.3 Å². The lowest BCUT2D eigenvalue weighted by atomic mass is 10.1. The lowest BCUT2D eigenvalue weighted by Gasteiger charge is -2.09. The molecule has 2 aromatic carbocycles. The number of hydrogen-bond donors (Lipinski definition) is 3. The number of ether oxygens (including phenoxy) is 1.